The van der Waals surface area contributed by atoms with E-state index in [1.165, 1.54) is 18.4 Å². The quantitative estimate of drug-likeness (QED) is 0.178. The molecule has 4 aromatic carbocycles. The molecule has 0 N–H and O–H groups in total. The first kappa shape index (κ1) is 31.5. The Kier molecular flexibility index (Phi) is 9.34. The highest BCUT2D eigenvalue weighted by Crippen LogP contribution is 2.35. The van der Waals surface area contributed by atoms with E-state index in [1.807, 2.05) is 48.5 Å². The van der Waals surface area contributed by atoms with Crippen molar-refractivity contribution in [2.75, 3.05) is 13.7 Å². The third-order valence-corrected chi connectivity index (χ3v) is 8.80. The Morgan fingerprint density at radius 3 is 2.49 bits per heavy atom. The Bertz CT molecular complexity index is 2220. The Labute approximate surface area is 279 Å². The smallest absolute Gasteiger partial charge is 0.338 e. The molecule has 0 fully saturated rings. The number of carbonyl (C=O) groups excluding carboxylic acids is 1. The number of aromatic nitrogens is 1. The summed E-state index contributed by atoms with van der Waals surface area (Å²) in [5.41, 5.74) is 3.81. The topological polar surface area (TPSA) is 103 Å². The molecule has 0 radical (unpaired) electrons. The number of hydrogen-bond donors (Lipinski definition) is 0. The molecule has 0 aliphatic carbocycles. The molecule has 2 heterocycles. The summed E-state index contributed by atoms with van der Waals surface area (Å²) in [4.78, 5) is 33.1. The number of nitriles is 1. The van der Waals surface area contributed by atoms with Crippen molar-refractivity contribution in [2.45, 2.75) is 19.6 Å². The van der Waals surface area contributed by atoms with Crippen LogP contribution in [0.15, 0.2) is 112 Å². The van der Waals surface area contributed by atoms with E-state index in [0.717, 1.165) is 11.1 Å². The lowest BCUT2D eigenvalue weighted by Gasteiger charge is -2.25. The van der Waals surface area contributed by atoms with Crippen LogP contribution in [-0.4, -0.2) is 24.3 Å². The van der Waals surface area contributed by atoms with E-state index in [9.17, 15) is 14.9 Å². The van der Waals surface area contributed by atoms with Gasteiger partial charge in [0.15, 0.2) is 16.3 Å². The van der Waals surface area contributed by atoms with Crippen LogP contribution in [0.25, 0.3) is 11.8 Å². The molecule has 0 spiro atoms. The third kappa shape index (κ3) is 6.47. The summed E-state index contributed by atoms with van der Waals surface area (Å²) >= 11 is 7.45. The number of methoxy groups -OCH3 is 1. The van der Waals surface area contributed by atoms with E-state index >= 15 is 0 Å². The second-order valence-corrected chi connectivity index (χ2v) is 11.9. The van der Waals surface area contributed by atoms with Crippen LogP contribution >= 0.6 is 22.9 Å². The van der Waals surface area contributed by atoms with Crippen LogP contribution in [0.1, 0.15) is 40.8 Å². The molecule has 1 aliphatic heterocycles. The summed E-state index contributed by atoms with van der Waals surface area (Å²) in [6, 6.07) is 30.4. The molecule has 0 saturated carbocycles. The normalized spacial score (nSPS) is 14.2. The molecule has 1 atom stereocenters. The van der Waals surface area contributed by atoms with Crippen molar-refractivity contribution in [3.8, 4) is 17.6 Å². The predicted octanol–water partition coefficient (Wildman–Crippen LogP) is 6.05. The highest BCUT2D eigenvalue weighted by molar-refractivity contribution is 7.07. The first-order valence-electron chi connectivity index (χ1n) is 14.7. The molecule has 47 heavy (non-hydrogen) atoms. The van der Waals surface area contributed by atoms with Gasteiger partial charge >= 0.3 is 5.97 Å². The van der Waals surface area contributed by atoms with Crippen molar-refractivity contribution < 1.29 is 19.0 Å². The maximum Gasteiger partial charge on any atom is 0.338 e. The van der Waals surface area contributed by atoms with Crippen LogP contribution in [0, 0.1) is 11.3 Å². The molecule has 0 bridgehead atoms. The standard InChI is InChI=1S/C37H28ClN3O5S/c1-3-45-36(43)32-33(24-9-5-4-6-10-24)40-37-41(34(32)25-14-16-28(38)17-15-25)35(42)31(47-37)20-23-13-18-29(30(19-23)44-2)46-22-27-12-8-7-11-26(27)21-39/h4-20,34H,3,22H2,1-2H3/b31-20-/t34-/m1/s1. The molecule has 6 rings (SSSR count). The van der Waals surface area contributed by atoms with Gasteiger partial charge in [-0.3, -0.25) is 9.36 Å². The average molecular weight is 662 g/mol. The van der Waals surface area contributed by atoms with Crippen LogP contribution in [0.3, 0.4) is 0 Å². The SMILES string of the molecule is CCOC(=O)C1=C(c2ccccc2)N=c2s/c(=C\c3ccc(OCc4ccccc4C#N)c(OC)c3)c(=O)n2[C@@H]1c1ccc(Cl)cc1. The van der Waals surface area contributed by atoms with Crippen molar-refractivity contribution in [1.29, 1.82) is 5.26 Å². The molecule has 5 aromatic rings. The molecule has 0 saturated heterocycles. The lowest BCUT2D eigenvalue weighted by Crippen LogP contribution is -2.40. The highest BCUT2D eigenvalue weighted by Gasteiger charge is 2.35. The summed E-state index contributed by atoms with van der Waals surface area (Å²) in [6.45, 7) is 2.09. The summed E-state index contributed by atoms with van der Waals surface area (Å²) in [5.74, 6) is 0.409. The maximum absolute atomic E-state index is 14.2. The van der Waals surface area contributed by atoms with Crippen molar-refractivity contribution >= 4 is 40.7 Å². The van der Waals surface area contributed by atoms with Crippen molar-refractivity contribution in [3.63, 3.8) is 0 Å². The maximum atomic E-state index is 14.2. The van der Waals surface area contributed by atoms with E-state index in [0.29, 0.717) is 48.2 Å². The van der Waals surface area contributed by atoms with E-state index in [-0.39, 0.29) is 24.3 Å². The molecular weight excluding hydrogens is 634 g/mol. The minimum Gasteiger partial charge on any atom is -0.493 e. The zero-order valence-corrected chi connectivity index (χ0v) is 27.0. The second-order valence-electron chi connectivity index (χ2n) is 10.5. The van der Waals surface area contributed by atoms with Gasteiger partial charge in [-0.05, 0) is 54.5 Å². The van der Waals surface area contributed by atoms with E-state index < -0.39 is 12.0 Å². The van der Waals surface area contributed by atoms with Crippen LogP contribution in [-0.2, 0) is 16.1 Å². The number of halogens is 1. The van der Waals surface area contributed by atoms with E-state index in [2.05, 4.69) is 6.07 Å². The Hall–Kier alpha value is -5.43. The first-order chi connectivity index (χ1) is 22.9. The van der Waals surface area contributed by atoms with Crippen molar-refractivity contribution in [3.05, 3.63) is 155 Å². The largest absolute Gasteiger partial charge is 0.493 e. The van der Waals surface area contributed by atoms with Crippen LogP contribution in [0.4, 0.5) is 0 Å². The van der Waals surface area contributed by atoms with Crippen LogP contribution < -0.4 is 24.4 Å². The minimum atomic E-state index is -0.804. The number of fused-ring (bicyclic) bond motifs is 1. The lowest BCUT2D eigenvalue weighted by atomic mass is 9.93. The molecule has 8 nitrogen and oxygen atoms in total. The van der Waals surface area contributed by atoms with Gasteiger partial charge in [0.1, 0.15) is 6.61 Å². The molecule has 234 valence electrons. The zero-order chi connectivity index (χ0) is 32.9. The van der Waals surface area contributed by atoms with Gasteiger partial charge in [0.2, 0.25) is 0 Å². The number of rotatable bonds is 9. The molecule has 10 heteroatoms. The fourth-order valence-electron chi connectivity index (χ4n) is 5.36. The van der Waals surface area contributed by atoms with Gasteiger partial charge in [-0.1, -0.05) is 89.7 Å². The molecule has 0 amide bonds. The average Bonchev–Trinajstić information content (AvgIpc) is 3.41. The van der Waals surface area contributed by atoms with Crippen LogP contribution in [0.5, 0.6) is 11.5 Å². The molecular formula is C37H28ClN3O5S. The number of esters is 1. The first-order valence-corrected chi connectivity index (χ1v) is 15.9. The number of nitrogens with zero attached hydrogens (tertiary/aromatic N) is 3. The summed E-state index contributed by atoms with van der Waals surface area (Å²) in [7, 11) is 1.54. The summed E-state index contributed by atoms with van der Waals surface area (Å²) in [5, 5.41) is 9.94. The Morgan fingerprint density at radius 1 is 1.02 bits per heavy atom. The molecule has 1 aliphatic rings. The van der Waals surface area contributed by atoms with Crippen molar-refractivity contribution in [1.82, 2.24) is 4.57 Å². The van der Waals surface area contributed by atoms with Gasteiger partial charge < -0.3 is 14.2 Å². The zero-order valence-electron chi connectivity index (χ0n) is 25.5. The molecule has 1 aromatic heterocycles. The third-order valence-electron chi connectivity index (χ3n) is 7.57. The number of carbonyl (C=O) groups is 1. The summed E-state index contributed by atoms with van der Waals surface area (Å²) < 4.78 is 19.1. The van der Waals surface area contributed by atoms with E-state index in [1.54, 1.807) is 66.1 Å². The number of benzene rings is 4. The number of hydrogen-bond acceptors (Lipinski definition) is 8. The Morgan fingerprint density at radius 2 is 1.77 bits per heavy atom. The number of thiazole rings is 1. The lowest BCUT2D eigenvalue weighted by molar-refractivity contribution is -0.138. The van der Waals surface area contributed by atoms with Crippen LogP contribution in [0.2, 0.25) is 5.02 Å². The summed E-state index contributed by atoms with van der Waals surface area (Å²) in [6.07, 6.45) is 1.76. The Balaban J connectivity index is 1.46. The highest BCUT2D eigenvalue weighted by atomic mass is 35.5. The number of ether oxygens (including phenoxy) is 3. The monoisotopic (exact) mass is 661 g/mol. The van der Waals surface area contributed by atoms with Gasteiger partial charge in [0, 0.05) is 16.1 Å². The van der Waals surface area contributed by atoms with Gasteiger partial charge in [0.25, 0.3) is 5.56 Å². The molecule has 0 unspecified atom stereocenters. The van der Waals surface area contributed by atoms with E-state index in [4.69, 9.17) is 30.8 Å². The second kappa shape index (κ2) is 13.9. The fraction of sp³-hybridized carbons (Fsp3) is 0.135. The van der Waals surface area contributed by atoms with Gasteiger partial charge in [-0.2, -0.15) is 5.26 Å². The van der Waals surface area contributed by atoms with Gasteiger partial charge in [0.05, 0.1) is 47.2 Å². The minimum absolute atomic E-state index is 0.161. The predicted molar refractivity (Wildman–Crippen MR) is 181 cm³/mol. The van der Waals surface area contributed by atoms with Gasteiger partial charge in [-0.15, -0.1) is 0 Å². The van der Waals surface area contributed by atoms with Crippen molar-refractivity contribution in [2.24, 2.45) is 4.99 Å². The fourth-order valence-corrected chi connectivity index (χ4v) is 6.48. The van der Waals surface area contributed by atoms with Gasteiger partial charge in [-0.25, -0.2) is 9.79 Å².